The van der Waals surface area contributed by atoms with Crippen molar-refractivity contribution in [3.63, 3.8) is 0 Å². The molecule has 21 heavy (non-hydrogen) atoms. The van der Waals surface area contributed by atoms with Gasteiger partial charge in [0.05, 0.1) is 11.6 Å². The normalized spacial score (nSPS) is 12.6. The van der Waals surface area contributed by atoms with Crippen LogP contribution in [0.4, 0.5) is 8.78 Å². The first kappa shape index (κ1) is 13.6. The van der Waals surface area contributed by atoms with E-state index >= 15 is 0 Å². The van der Waals surface area contributed by atoms with Gasteiger partial charge in [0, 0.05) is 17.1 Å². The summed E-state index contributed by atoms with van der Waals surface area (Å²) in [5.41, 5.74) is 7.93. The molecule has 0 aliphatic heterocycles. The summed E-state index contributed by atoms with van der Waals surface area (Å²) in [4.78, 5) is 4.30. The summed E-state index contributed by atoms with van der Waals surface area (Å²) < 4.78 is 27.9. The van der Waals surface area contributed by atoms with Gasteiger partial charge in [0.1, 0.15) is 0 Å². The molecular formula is C17H14F2N2. The minimum Gasteiger partial charge on any atom is -0.320 e. The first-order valence-electron chi connectivity index (χ1n) is 6.63. The van der Waals surface area contributed by atoms with E-state index in [1.165, 1.54) is 19.1 Å². The Morgan fingerprint density at radius 3 is 2.52 bits per heavy atom. The van der Waals surface area contributed by atoms with Crippen molar-refractivity contribution in [3.8, 4) is 0 Å². The van der Waals surface area contributed by atoms with Crippen molar-refractivity contribution >= 4 is 10.9 Å². The molecule has 0 fully saturated rings. The molecule has 0 bridgehead atoms. The van der Waals surface area contributed by atoms with Crippen LogP contribution in [-0.2, 0) is 0 Å². The number of nitrogens with two attached hydrogens (primary N) is 1. The van der Waals surface area contributed by atoms with E-state index in [0.29, 0.717) is 11.1 Å². The second-order valence-corrected chi connectivity index (χ2v) is 5.00. The lowest BCUT2D eigenvalue weighted by Crippen LogP contribution is -2.15. The van der Waals surface area contributed by atoms with Crippen LogP contribution in [0.5, 0.6) is 0 Å². The fourth-order valence-electron chi connectivity index (χ4n) is 2.45. The number of benzene rings is 2. The van der Waals surface area contributed by atoms with Gasteiger partial charge in [-0.1, -0.05) is 36.4 Å². The second-order valence-electron chi connectivity index (χ2n) is 5.00. The number of aryl methyl sites for hydroxylation is 1. The number of hydrogen-bond donors (Lipinski definition) is 1. The van der Waals surface area contributed by atoms with Crippen molar-refractivity contribution in [2.45, 2.75) is 13.0 Å². The first-order valence-corrected chi connectivity index (χ1v) is 6.63. The summed E-state index contributed by atoms with van der Waals surface area (Å²) in [6, 6.07) is 11.6. The molecule has 0 spiro atoms. The van der Waals surface area contributed by atoms with E-state index in [1.807, 2.05) is 24.3 Å². The van der Waals surface area contributed by atoms with Gasteiger partial charge < -0.3 is 5.73 Å². The van der Waals surface area contributed by atoms with Crippen LogP contribution in [0.2, 0.25) is 0 Å². The number of rotatable bonds is 2. The summed E-state index contributed by atoms with van der Waals surface area (Å²) in [6.45, 7) is 1.52. The zero-order valence-electron chi connectivity index (χ0n) is 11.5. The van der Waals surface area contributed by atoms with E-state index in [9.17, 15) is 8.78 Å². The lowest BCUT2D eigenvalue weighted by Gasteiger charge is -2.16. The Morgan fingerprint density at radius 1 is 0.952 bits per heavy atom. The van der Waals surface area contributed by atoms with E-state index in [0.717, 1.165) is 5.39 Å². The minimum atomic E-state index is -0.893. The fraction of sp³-hybridized carbons (Fsp3) is 0.118. The van der Waals surface area contributed by atoms with Gasteiger partial charge in [0.2, 0.25) is 0 Å². The van der Waals surface area contributed by atoms with Gasteiger partial charge in [0.15, 0.2) is 11.6 Å². The van der Waals surface area contributed by atoms with E-state index in [1.54, 1.807) is 12.3 Å². The van der Waals surface area contributed by atoms with Crippen molar-refractivity contribution in [2.75, 3.05) is 0 Å². The molecule has 0 saturated carbocycles. The van der Waals surface area contributed by atoms with Crippen LogP contribution in [0.25, 0.3) is 10.9 Å². The number of pyridine rings is 1. The van der Waals surface area contributed by atoms with Crippen molar-refractivity contribution in [3.05, 3.63) is 77.0 Å². The van der Waals surface area contributed by atoms with E-state index in [-0.39, 0.29) is 11.1 Å². The number of aromatic nitrogens is 1. The number of para-hydroxylation sites is 1. The Hall–Kier alpha value is -2.33. The highest BCUT2D eigenvalue weighted by Crippen LogP contribution is 2.29. The van der Waals surface area contributed by atoms with Crippen LogP contribution < -0.4 is 5.73 Å². The molecule has 4 heteroatoms. The predicted octanol–water partition coefficient (Wildman–Crippen LogP) is 3.87. The van der Waals surface area contributed by atoms with Gasteiger partial charge in [-0.05, 0) is 24.1 Å². The maximum absolute atomic E-state index is 14.1. The van der Waals surface area contributed by atoms with Crippen LogP contribution in [0.3, 0.4) is 0 Å². The van der Waals surface area contributed by atoms with Gasteiger partial charge in [-0.2, -0.15) is 0 Å². The molecule has 1 aromatic heterocycles. The topological polar surface area (TPSA) is 38.9 Å². The third-order valence-electron chi connectivity index (χ3n) is 3.64. The average Bonchev–Trinajstić information content (AvgIpc) is 2.51. The van der Waals surface area contributed by atoms with Gasteiger partial charge in [-0.25, -0.2) is 8.78 Å². The summed E-state index contributed by atoms with van der Waals surface area (Å²) in [5, 5.41) is 0.915. The molecule has 0 radical (unpaired) electrons. The molecule has 0 aliphatic carbocycles. The molecule has 3 aromatic rings. The van der Waals surface area contributed by atoms with Crippen molar-refractivity contribution < 1.29 is 8.78 Å². The SMILES string of the molecule is Cc1ccc(C(N)c2cccc3cccnc23)c(F)c1F. The summed E-state index contributed by atoms with van der Waals surface area (Å²) in [6.07, 6.45) is 1.66. The third-order valence-corrected chi connectivity index (χ3v) is 3.64. The maximum atomic E-state index is 14.1. The maximum Gasteiger partial charge on any atom is 0.164 e. The Bertz CT molecular complexity index is 810. The summed E-state index contributed by atoms with van der Waals surface area (Å²) >= 11 is 0. The van der Waals surface area contributed by atoms with Crippen molar-refractivity contribution in [1.29, 1.82) is 0 Å². The molecule has 1 heterocycles. The van der Waals surface area contributed by atoms with Crippen molar-refractivity contribution in [1.82, 2.24) is 4.98 Å². The zero-order valence-corrected chi connectivity index (χ0v) is 11.5. The molecule has 0 saturated heterocycles. The third kappa shape index (κ3) is 2.28. The highest BCUT2D eigenvalue weighted by Gasteiger charge is 2.19. The lowest BCUT2D eigenvalue weighted by molar-refractivity contribution is 0.489. The monoisotopic (exact) mass is 284 g/mol. The Labute approximate surface area is 121 Å². The Balaban J connectivity index is 2.17. The van der Waals surface area contributed by atoms with Crippen molar-refractivity contribution in [2.24, 2.45) is 5.73 Å². The molecule has 2 nitrogen and oxygen atoms in total. The molecular weight excluding hydrogens is 270 g/mol. The number of halogens is 2. The second kappa shape index (κ2) is 5.22. The number of hydrogen-bond acceptors (Lipinski definition) is 2. The Morgan fingerprint density at radius 2 is 1.71 bits per heavy atom. The first-order chi connectivity index (χ1) is 10.1. The van der Waals surface area contributed by atoms with E-state index in [2.05, 4.69) is 4.98 Å². The summed E-state index contributed by atoms with van der Waals surface area (Å²) in [7, 11) is 0. The van der Waals surface area contributed by atoms with Gasteiger partial charge >= 0.3 is 0 Å². The molecule has 2 N–H and O–H groups in total. The minimum absolute atomic E-state index is 0.135. The fourth-order valence-corrected chi connectivity index (χ4v) is 2.45. The predicted molar refractivity (Wildman–Crippen MR) is 78.9 cm³/mol. The Kier molecular flexibility index (Phi) is 3.39. The molecule has 2 aromatic carbocycles. The molecule has 0 aliphatic rings. The highest BCUT2D eigenvalue weighted by molar-refractivity contribution is 5.82. The number of nitrogens with zero attached hydrogens (tertiary/aromatic N) is 1. The van der Waals surface area contributed by atoms with Crippen LogP contribution in [0, 0.1) is 18.6 Å². The lowest BCUT2D eigenvalue weighted by atomic mass is 9.95. The van der Waals surface area contributed by atoms with Crippen LogP contribution in [-0.4, -0.2) is 4.98 Å². The van der Waals surface area contributed by atoms with Gasteiger partial charge in [-0.15, -0.1) is 0 Å². The zero-order chi connectivity index (χ0) is 15.0. The summed E-state index contributed by atoms with van der Waals surface area (Å²) in [5.74, 6) is -1.74. The van der Waals surface area contributed by atoms with Crippen LogP contribution in [0.15, 0.2) is 48.7 Å². The number of fused-ring (bicyclic) bond motifs is 1. The van der Waals surface area contributed by atoms with Crippen LogP contribution >= 0.6 is 0 Å². The van der Waals surface area contributed by atoms with Crippen LogP contribution in [0.1, 0.15) is 22.7 Å². The average molecular weight is 284 g/mol. The molecule has 106 valence electrons. The highest BCUT2D eigenvalue weighted by atomic mass is 19.2. The molecule has 3 rings (SSSR count). The van der Waals surface area contributed by atoms with E-state index < -0.39 is 17.7 Å². The smallest absolute Gasteiger partial charge is 0.164 e. The largest absolute Gasteiger partial charge is 0.320 e. The van der Waals surface area contributed by atoms with E-state index in [4.69, 9.17) is 5.73 Å². The van der Waals surface area contributed by atoms with Gasteiger partial charge in [0.25, 0.3) is 0 Å². The molecule has 0 amide bonds. The molecule has 1 atom stereocenters. The quantitative estimate of drug-likeness (QED) is 0.776. The standard InChI is InChI=1S/C17H14F2N2/c1-10-7-8-12(15(19)14(10)18)16(20)13-6-2-4-11-5-3-9-21-17(11)13/h2-9,16H,20H2,1H3. The molecule has 1 unspecified atom stereocenters. The van der Waals surface area contributed by atoms with Gasteiger partial charge in [-0.3, -0.25) is 4.98 Å².